The fraction of sp³-hybridized carbons (Fsp3) is 0.417. The number of hydrogen-bond acceptors (Lipinski definition) is 4. The monoisotopic (exact) mass is 365 g/mol. The van der Waals surface area contributed by atoms with Gasteiger partial charge in [0, 0.05) is 18.9 Å². The van der Waals surface area contributed by atoms with Crippen LogP contribution in [0.5, 0.6) is 5.75 Å². The van der Waals surface area contributed by atoms with Gasteiger partial charge in [0.2, 0.25) is 5.91 Å². The van der Waals surface area contributed by atoms with Crippen molar-refractivity contribution in [3.63, 3.8) is 0 Å². The average molecular weight is 366 g/mol. The van der Waals surface area contributed by atoms with Gasteiger partial charge in [0.15, 0.2) is 0 Å². The van der Waals surface area contributed by atoms with Crippen molar-refractivity contribution >= 4 is 37.7 Å². The number of hydrogen-bond donors (Lipinski definition) is 0. The zero-order valence-electron chi connectivity index (χ0n) is 10.7. The van der Waals surface area contributed by atoms with E-state index in [9.17, 15) is 17.1 Å². The number of ether oxygens (including phenoxy) is 1. The van der Waals surface area contributed by atoms with Crippen LogP contribution in [-0.4, -0.2) is 33.7 Å². The van der Waals surface area contributed by atoms with Crippen LogP contribution in [0, 0.1) is 5.92 Å². The van der Waals surface area contributed by atoms with Gasteiger partial charge < -0.3 is 9.64 Å². The van der Waals surface area contributed by atoms with Crippen LogP contribution in [0.4, 0.5) is 9.57 Å². The average Bonchev–Trinajstić information content (AvgIpc) is 2.68. The Bertz CT molecular complexity index is 634. The number of methoxy groups -OCH3 is 1. The van der Waals surface area contributed by atoms with E-state index in [0.29, 0.717) is 15.9 Å². The predicted octanol–water partition coefficient (Wildman–Crippen LogP) is 2.11. The van der Waals surface area contributed by atoms with Crippen molar-refractivity contribution in [2.75, 3.05) is 24.3 Å². The SMILES string of the molecule is COc1cccc(N2CC(CS(=O)(=O)F)CC2=O)c1Br. The topological polar surface area (TPSA) is 63.7 Å². The molecule has 1 aromatic carbocycles. The van der Waals surface area contributed by atoms with Crippen LogP contribution in [0.2, 0.25) is 0 Å². The van der Waals surface area contributed by atoms with E-state index in [1.165, 1.54) is 12.0 Å². The van der Waals surface area contributed by atoms with Crippen LogP contribution in [0.25, 0.3) is 0 Å². The Balaban J connectivity index is 2.24. The Kier molecular flexibility index (Phi) is 4.33. The van der Waals surface area contributed by atoms with Gasteiger partial charge in [-0.25, -0.2) is 0 Å². The minimum absolute atomic E-state index is 0.0206. The first-order valence-corrected chi connectivity index (χ1v) is 8.21. The Morgan fingerprint density at radius 2 is 2.20 bits per heavy atom. The number of carbonyl (C=O) groups excluding carboxylic acids is 1. The highest BCUT2D eigenvalue weighted by molar-refractivity contribution is 9.10. The summed E-state index contributed by atoms with van der Waals surface area (Å²) in [5, 5.41) is 0. The lowest BCUT2D eigenvalue weighted by molar-refractivity contribution is -0.117. The lowest BCUT2D eigenvalue weighted by Crippen LogP contribution is -2.25. The molecule has 1 aliphatic heterocycles. The van der Waals surface area contributed by atoms with E-state index in [-0.39, 0.29) is 18.9 Å². The van der Waals surface area contributed by atoms with E-state index in [0.717, 1.165) is 0 Å². The summed E-state index contributed by atoms with van der Waals surface area (Å²) in [7, 11) is -3.07. The molecule has 5 nitrogen and oxygen atoms in total. The van der Waals surface area contributed by atoms with Crippen molar-refractivity contribution in [3.8, 4) is 5.75 Å². The van der Waals surface area contributed by atoms with Crippen molar-refractivity contribution in [1.82, 2.24) is 0 Å². The summed E-state index contributed by atoms with van der Waals surface area (Å²) >= 11 is 3.35. The number of carbonyl (C=O) groups is 1. The van der Waals surface area contributed by atoms with Crippen LogP contribution < -0.4 is 9.64 Å². The first-order valence-electron chi connectivity index (χ1n) is 5.87. The lowest BCUT2D eigenvalue weighted by Gasteiger charge is -2.19. The van der Waals surface area contributed by atoms with Gasteiger partial charge in [-0.1, -0.05) is 6.07 Å². The van der Waals surface area contributed by atoms with Crippen molar-refractivity contribution in [2.24, 2.45) is 5.92 Å². The molecule has 1 aliphatic rings. The summed E-state index contributed by atoms with van der Waals surface area (Å²) in [5.74, 6) is -0.823. The molecule has 1 saturated heterocycles. The van der Waals surface area contributed by atoms with Gasteiger partial charge >= 0.3 is 10.2 Å². The number of benzene rings is 1. The van der Waals surface area contributed by atoms with Crippen LogP contribution in [0.15, 0.2) is 22.7 Å². The summed E-state index contributed by atoms with van der Waals surface area (Å²) in [6.45, 7) is 0.174. The molecule has 110 valence electrons. The van der Waals surface area contributed by atoms with Gasteiger partial charge in [0.05, 0.1) is 23.0 Å². The summed E-state index contributed by atoms with van der Waals surface area (Å²) in [6.07, 6.45) is 0.0206. The van der Waals surface area contributed by atoms with Gasteiger partial charge in [0.25, 0.3) is 0 Å². The summed E-state index contributed by atoms with van der Waals surface area (Å²) in [6, 6.07) is 5.18. The minimum atomic E-state index is -4.57. The standard InChI is InChI=1S/C12H13BrFNO4S/c1-19-10-4-2-3-9(12(10)13)15-6-8(5-11(15)16)7-20(14,17)18/h2-4,8H,5-7H2,1H3. The Hall–Kier alpha value is -1.15. The maximum Gasteiger partial charge on any atom is 0.302 e. The molecule has 0 aliphatic carbocycles. The fourth-order valence-electron chi connectivity index (χ4n) is 2.27. The molecular formula is C12H13BrFNO4S. The molecule has 1 atom stereocenters. The molecular weight excluding hydrogens is 353 g/mol. The second-order valence-electron chi connectivity index (χ2n) is 4.57. The molecule has 1 fully saturated rings. The van der Waals surface area contributed by atoms with Crippen molar-refractivity contribution in [1.29, 1.82) is 0 Å². The van der Waals surface area contributed by atoms with E-state index in [1.807, 2.05) is 0 Å². The molecule has 1 aromatic rings. The second kappa shape index (κ2) is 5.69. The molecule has 20 heavy (non-hydrogen) atoms. The number of rotatable bonds is 4. The van der Waals surface area contributed by atoms with Crippen molar-refractivity contribution in [2.45, 2.75) is 6.42 Å². The molecule has 2 rings (SSSR count). The maximum absolute atomic E-state index is 12.7. The smallest absolute Gasteiger partial charge is 0.302 e. The minimum Gasteiger partial charge on any atom is -0.495 e. The van der Waals surface area contributed by atoms with Gasteiger partial charge in [-0.3, -0.25) is 4.79 Å². The Labute approximate surface area is 125 Å². The zero-order valence-corrected chi connectivity index (χ0v) is 13.1. The largest absolute Gasteiger partial charge is 0.495 e. The number of anilines is 1. The zero-order chi connectivity index (χ0) is 14.9. The number of nitrogens with zero attached hydrogens (tertiary/aromatic N) is 1. The van der Waals surface area contributed by atoms with Crippen molar-refractivity contribution < 1.29 is 21.8 Å². The normalized spacial score (nSPS) is 19.4. The van der Waals surface area contributed by atoms with Crippen LogP contribution >= 0.6 is 15.9 Å². The molecule has 0 bridgehead atoms. The molecule has 0 radical (unpaired) electrons. The number of halogens is 2. The number of amides is 1. The Morgan fingerprint density at radius 1 is 1.50 bits per heavy atom. The highest BCUT2D eigenvalue weighted by Gasteiger charge is 2.34. The van der Waals surface area contributed by atoms with E-state index in [2.05, 4.69) is 15.9 Å². The highest BCUT2D eigenvalue weighted by atomic mass is 79.9. The van der Waals surface area contributed by atoms with Crippen LogP contribution in [-0.2, 0) is 15.0 Å². The molecule has 1 amide bonds. The third-order valence-electron chi connectivity index (χ3n) is 3.09. The molecule has 1 unspecified atom stereocenters. The van der Waals surface area contributed by atoms with Crippen LogP contribution in [0.3, 0.4) is 0 Å². The predicted molar refractivity (Wildman–Crippen MR) is 76.0 cm³/mol. The molecule has 8 heteroatoms. The van der Waals surface area contributed by atoms with Crippen molar-refractivity contribution in [3.05, 3.63) is 22.7 Å². The van der Waals surface area contributed by atoms with Gasteiger partial charge in [-0.05, 0) is 28.1 Å². The molecule has 0 spiro atoms. The second-order valence-corrected chi connectivity index (χ2v) is 6.78. The lowest BCUT2D eigenvalue weighted by atomic mass is 10.1. The van der Waals surface area contributed by atoms with Gasteiger partial charge in [-0.15, -0.1) is 3.89 Å². The maximum atomic E-state index is 12.7. The first-order chi connectivity index (χ1) is 9.31. The molecule has 0 N–H and O–H groups in total. The van der Waals surface area contributed by atoms with E-state index < -0.39 is 21.9 Å². The highest BCUT2D eigenvalue weighted by Crippen LogP contribution is 2.37. The molecule has 0 aromatic heterocycles. The van der Waals surface area contributed by atoms with E-state index >= 15 is 0 Å². The third kappa shape index (κ3) is 3.29. The summed E-state index contributed by atoms with van der Waals surface area (Å²) in [5.41, 5.74) is 0.591. The fourth-order valence-corrected chi connectivity index (χ4v) is 3.70. The van der Waals surface area contributed by atoms with Crippen LogP contribution in [0.1, 0.15) is 6.42 Å². The van der Waals surface area contributed by atoms with E-state index in [1.54, 1.807) is 18.2 Å². The van der Waals surface area contributed by atoms with Gasteiger partial charge in [-0.2, -0.15) is 8.42 Å². The Morgan fingerprint density at radius 3 is 2.80 bits per heavy atom. The summed E-state index contributed by atoms with van der Waals surface area (Å²) < 4.78 is 39.8. The first kappa shape index (κ1) is 15.2. The molecule has 1 heterocycles. The van der Waals surface area contributed by atoms with Gasteiger partial charge in [0.1, 0.15) is 5.75 Å². The quantitative estimate of drug-likeness (QED) is 0.766. The van der Waals surface area contributed by atoms with E-state index in [4.69, 9.17) is 4.74 Å². The summed E-state index contributed by atoms with van der Waals surface area (Å²) in [4.78, 5) is 13.4. The third-order valence-corrected chi connectivity index (χ3v) is 4.76. The molecule has 0 saturated carbocycles.